The SMILES string of the molecule is COc1cc(/C=C\NC=O)c(C)c(C)c1O. The Morgan fingerprint density at radius 1 is 1.38 bits per heavy atom. The summed E-state index contributed by atoms with van der Waals surface area (Å²) >= 11 is 0. The summed E-state index contributed by atoms with van der Waals surface area (Å²) in [6.07, 6.45) is 3.88. The summed E-state index contributed by atoms with van der Waals surface area (Å²) in [6, 6.07) is 1.72. The Bertz CT molecular complexity index is 425. The third-order valence-electron chi connectivity index (χ3n) is 2.52. The summed E-state index contributed by atoms with van der Waals surface area (Å²) in [5.74, 6) is 0.578. The number of hydrogen-bond donors (Lipinski definition) is 2. The minimum atomic E-state index is 0.153. The van der Waals surface area contributed by atoms with Crippen molar-refractivity contribution in [1.29, 1.82) is 0 Å². The molecule has 0 aromatic heterocycles. The number of amides is 1. The summed E-state index contributed by atoms with van der Waals surface area (Å²) in [6.45, 7) is 3.72. The van der Waals surface area contributed by atoms with Gasteiger partial charge in [0.05, 0.1) is 7.11 Å². The summed E-state index contributed by atoms with van der Waals surface area (Å²) in [7, 11) is 1.50. The molecule has 1 amide bonds. The molecule has 0 heterocycles. The average Bonchev–Trinajstić information content (AvgIpc) is 2.29. The summed E-state index contributed by atoms with van der Waals surface area (Å²) in [5, 5.41) is 12.2. The van der Waals surface area contributed by atoms with E-state index < -0.39 is 0 Å². The number of carbonyl (C=O) groups excluding carboxylic acids is 1. The van der Waals surface area contributed by atoms with E-state index in [1.54, 1.807) is 12.1 Å². The molecule has 0 saturated carbocycles. The Kier molecular flexibility index (Phi) is 3.94. The van der Waals surface area contributed by atoms with Gasteiger partial charge in [0.2, 0.25) is 6.41 Å². The molecule has 0 saturated heterocycles. The number of methoxy groups -OCH3 is 1. The molecule has 1 aromatic carbocycles. The second-order valence-corrected chi connectivity index (χ2v) is 3.38. The monoisotopic (exact) mass is 221 g/mol. The Balaban J connectivity index is 3.19. The number of phenolic OH excluding ortho intramolecular Hbond substituents is 1. The van der Waals surface area contributed by atoms with Crippen LogP contribution in [-0.4, -0.2) is 18.6 Å². The highest BCUT2D eigenvalue weighted by molar-refractivity contribution is 5.64. The molecule has 86 valence electrons. The van der Waals surface area contributed by atoms with Gasteiger partial charge >= 0.3 is 0 Å². The largest absolute Gasteiger partial charge is 0.504 e. The molecule has 2 N–H and O–H groups in total. The van der Waals surface area contributed by atoms with Crippen molar-refractivity contribution >= 4 is 12.5 Å². The molecule has 1 aromatic rings. The molecule has 0 aliphatic heterocycles. The van der Waals surface area contributed by atoms with Crippen LogP contribution in [-0.2, 0) is 4.79 Å². The van der Waals surface area contributed by atoms with Crippen LogP contribution in [0.15, 0.2) is 12.3 Å². The lowest BCUT2D eigenvalue weighted by Gasteiger charge is -2.11. The van der Waals surface area contributed by atoms with Crippen LogP contribution in [0.1, 0.15) is 16.7 Å². The first-order valence-electron chi connectivity index (χ1n) is 4.85. The number of rotatable bonds is 4. The van der Waals surface area contributed by atoms with Crippen molar-refractivity contribution in [3.8, 4) is 11.5 Å². The fourth-order valence-electron chi connectivity index (χ4n) is 1.40. The number of carbonyl (C=O) groups is 1. The minimum absolute atomic E-state index is 0.153. The highest BCUT2D eigenvalue weighted by Gasteiger charge is 2.10. The fraction of sp³-hybridized carbons (Fsp3) is 0.250. The first-order valence-corrected chi connectivity index (χ1v) is 4.85. The van der Waals surface area contributed by atoms with Crippen LogP contribution in [0.5, 0.6) is 11.5 Å². The molecule has 0 unspecified atom stereocenters. The third-order valence-corrected chi connectivity index (χ3v) is 2.52. The second-order valence-electron chi connectivity index (χ2n) is 3.38. The molecular formula is C12H15NO3. The van der Waals surface area contributed by atoms with Crippen LogP contribution in [0.25, 0.3) is 6.08 Å². The molecule has 0 bridgehead atoms. The zero-order valence-electron chi connectivity index (χ0n) is 9.57. The van der Waals surface area contributed by atoms with Crippen LogP contribution in [0.3, 0.4) is 0 Å². The Morgan fingerprint density at radius 3 is 2.62 bits per heavy atom. The van der Waals surface area contributed by atoms with Gasteiger partial charge in [-0.25, -0.2) is 0 Å². The molecule has 0 spiro atoms. The first kappa shape index (κ1) is 12.1. The van der Waals surface area contributed by atoms with Crippen molar-refractivity contribution in [2.75, 3.05) is 7.11 Å². The molecule has 16 heavy (non-hydrogen) atoms. The predicted octanol–water partition coefficient (Wildman–Crippen LogP) is 1.73. The average molecular weight is 221 g/mol. The van der Waals surface area contributed by atoms with E-state index in [9.17, 15) is 9.90 Å². The molecule has 4 nitrogen and oxygen atoms in total. The first-order chi connectivity index (χ1) is 7.61. The van der Waals surface area contributed by atoms with Gasteiger partial charge in [-0.1, -0.05) is 0 Å². The van der Waals surface area contributed by atoms with Crippen molar-refractivity contribution in [3.05, 3.63) is 29.0 Å². The molecule has 0 aliphatic rings. The smallest absolute Gasteiger partial charge is 0.211 e. The van der Waals surface area contributed by atoms with Crippen LogP contribution in [0.4, 0.5) is 0 Å². The molecule has 1 rings (SSSR count). The predicted molar refractivity (Wildman–Crippen MR) is 62.4 cm³/mol. The number of phenols is 1. The van der Waals surface area contributed by atoms with E-state index >= 15 is 0 Å². The van der Waals surface area contributed by atoms with Gasteiger partial charge in [-0.15, -0.1) is 0 Å². The van der Waals surface area contributed by atoms with Crippen molar-refractivity contribution in [2.24, 2.45) is 0 Å². The van der Waals surface area contributed by atoms with Crippen LogP contribution in [0.2, 0.25) is 0 Å². The number of aromatic hydroxyl groups is 1. The van der Waals surface area contributed by atoms with E-state index in [-0.39, 0.29) is 5.75 Å². The van der Waals surface area contributed by atoms with Gasteiger partial charge in [-0.3, -0.25) is 4.79 Å². The van der Waals surface area contributed by atoms with Gasteiger partial charge in [-0.2, -0.15) is 0 Å². The van der Waals surface area contributed by atoms with Crippen LogP contribution in [0, 0.1) is 13.8 Å². The molecule has 0 radical (unpaired) electrons. The van der Waals surface area contributed by atoms with Crippen molar-refractivity contribution in [2.45, 2.75) is 13.8 Å². The highest BCUT2D eigenvalue weighted by Crippen LogP contribution is 2.34. The zero-order chi connectivity index (χ0) is 12.1. The molecular weight excluding hydrogens is 206 g/mol. The maximum absolute atomic E-state index is 10.1. The van der Waals surface area contributed by atoms with Gasteiger partial charge in [0, 0.05) is 6.20 Å². The maximum Gasteiger partial charge on any atom is 0.211 e. The highest BCUT2D eigenvalue weighted by atomic mass is 16.5. The molecule has 0 aliphatic carbocycles. The van der Waals surface area contributed by atoms with E-state index in [1.165, 1.54) is 13.3 Å². The quantitative estimate of drug-likeness (QED) is 0.761. The van der Waals surface area contributed by atoms with E-state index in [0.29, 0.717) is 12.2 Å². The lowest BCUT2D eigenvalue weighted by molar-refractivity contribution is -0.108. The maximum atomic E-state index is 10.1. The number of hydrogen-bond acceptors (Lipinski definition) is 3. The Morgan fingerprint density at radius 2 is 2.06 bits per heavy atom. The number of benzene rings is 1. The summed E-state index contributed by atoms with van der Waals surface area (Å²) < 4.78 is 5.05. The van der Waals surface area contributed by atoms with Crippen LogP contribution >= 0.6 is 0 Å². The molecule has 0 fully saturated rings. The van der Waals surface area contributed by atoms with Gasteiger partial charge in [-0.05, 0) is 42.7 Å². The molecule has 4 heteroatoms. The summed E-state index contributed by atoms with van der Waals surface area (Å²) in [4.78, 5) is 10.1. The van der Waals surface area contributed by atoms with Crippen molar-refractivity contribution < 1.29 is 14.6 Å². The van der Waals surface area contributed by atoms with E-state index in [1.807, 2.05) is 13.8 Å². The standard InChI is InChI=1S/C12H15NO3/c1-8-9(2)12(15)11(16-3)6-10(8)4-5-13-7-14/h4-7,15H,1-3H3,(H,13,14)/b5-4-. The van der Waals surface area contributed by atoms with Gasteiger partial charge < -0.3 is 15.2 Å². The second kappa shape index (κ2) is 5.21. The van der Waals surface area contributed by atoms with E-state index in [2.05, 4.69) is 5.32 Å². The minimum Gasteiger partial charge on any atom is -0.504 e. The van der Waals surface area contributed by atoms with Crippen molar-refractivity contribution in [3.63, 3.8) is 0 Å². The van der Waals surface area contributed by atoms with Gasteiger partial charge in [0.1, 0.15) is 0 Å². The van der Waals surface area contributed by atoms with E-state index in [4.69, 9.17) is 4.74 Å². The zero-order valence-corrected chi connectivity index (χ0v) is 9.57. The van der Waals surface area contributed by atoms with Crippen LogP contribution < -0.4 is 10.1 Å². The Labute approximate surface area is 94.6 Å². The Hall–Kier alpha value is -1.97. The van der Waals surface area contributed by atoms with Gasteiger partial charge in [0.25, 0.3) is 0 Å². The lowest BCUT2D eigenvalue weighted by atomic mass is 10.0. The normalized spacial score (nSPS) is 10.4. The third kappa shape index (κ3) is 2.34. The molecule has 0 atom stereocenters. The summed E-state index contributed by atoms with van der Waals surface area (Å²) in [5.41, 5.74) is 2.61. The lowest BCUT2D eigenvalue weighted by Crippen LogP contribution is -1.99. The van der Waals surface area contributed by atoms with Crippen molar-refractivity contribution in [1.82, 2.24) is 5.32 Å². The topological polar surface area (TPSA) is 58.6 Å². The van der Waals surface area contributed by atoms with Gasteiger partial charge in [0.15, 0.2) is 11.5 Å². The fourth-order valence-corrected chi connectivity index (χ4v) is 1.40. The number of ether oxygens (including phenoxy) is 1. The van der Waals surface area contributed by atoms with E-state index in [0.717, 1.165) is 16.7 Å². The number of nitrogens with one attached hydrogen (secondary N) is 1.